The monoisotopic (exact) mass is 416 g/mol. The summed E-state index contributed by atoms with van der Waals surface area (Å²) in [5.74, 6) is 1.33. The highest BCUT2D eigenvalue weighted by molar-refractivity contribution is 7.22. The normalized spacial score (nSPS) is 11.1. The minimum absolute atomic E-state index is 0.371. The number of nitrogens with two attached hydrogens (primary N) is 1. The van der Waals surface area contributed by atoms with Gasteiger partial charge in [-0.25, -0.2) is 19.9 Å². The summed E-state index contributed by atoms with van der Waals surface area (Å²) >= 11 is 14.3. The summed E-state index contributed by atoms with van der Waals surface area (Å²) in [7, 11) is 0. The summed E-state index contributed by atoms with van der Waals surface area (Å²) in [6, 6.07) is 7.33. The van der Waals surface area contributed by atoms with Crippen molar-refractivity contribution in [3.8, 4) is 10.6 Å². The summed E-state index contributed by atoms with van der Waals surface area (Å²) in [5.41, 5.74) is 8.92. The smallest absolute Gasteiger partial charge is 0.151 e. The molecule has 0 amide bonds. The fourth-order valence-electron chi connectivity index (χ4n) is 2.64. The third kappa shape index (κ3) is 3.59. The van der Waals surface area contributed by atoms with Crippen LogP contribution in [0.25, 0.3) is 20.8 Å². The van der Waals surface area contributed by atoms with Crippen molar-refractivity contribution in [2.75, 3.05) is 5.32 Å². The SMILES string of the molecule is Cc1cc(Nc2nccc3nc(-c4c(Cl)cc(CN)cc4Cl)sc23)ncn1. The molecule has 3 aromatic heterocycles. The van der Waals surface area contributed by atoms with Crippen LogP contribution in [-0.4, -0.2) is 19.9 Å². The first kappa shape index (κ1) is 18.1. The first-order valence-electron chi connectivity index (χ1n) is 8.04. The average molecular weight is 417 g/mol. The van der Waals surface area contributed by atoms with Crippen molar-refractivity contribution in [3.05, 3.63) is 58.1 Å². The minimum Gasteiger partial charge on any atom is -0.326 e. The van der Waals surface area contributed by atoms with Gasteiger partial charge in [0.2, 0.25) is 0 Å². The molecule has 1 aromatic carbocycles. The Hall–Kier alpha value is -2.32. The predicted octanol–water partition coefficient (Wildman–Crippen LogP) is 4.97. The van der Waals surface area contributed by atoms with Crippen molar-refractivity contribution < 1.29 is 0 Å². The highest BCUT2D eigenvalue weighted by Crippen LogP contribution is 2.41. The third-order valence-electron chi connectivity index (χ3n) is 3.91. The Morgan fingerprint density at radius 1 is 1.11 bits per heavy atom. The molecule has 27 heavy (non-hydrogen) atoms. The molecule has 0 aliphatic rings. The Labute approximate surface area is 169 Å². The second kappa shape index (κ2) is 7.36. The number of thiazole rings is 1. The number of rotatable bonds is 4. The Bertz CT molecular complexity index is 1120. The lowest BCUT2D eigenvalue weighted by Crippen LogP contribution is -1.97. The Morgan fingerprint density at radius 3 is 2.59 bits per heavy atom. The van der Waals surface area contributed by atoms with Gasteiger partial charge in [-0.3, -0.25) is 0 Å². The van der Waals surface area contributed by atoms with Gasteiger partial charge < -0.3 is 11.1 Å². The lowest BCUT2D eigenvalue weighted by atomic mass is 10.1. The van der Waals surface area contributed by atoms with Crippen molar-refractivity contribution >= 4 is 56.4 Å². The molecule has 6 nitrogen and oxygen atoms in total. The van der Waals surface area contributed by atoms with Crippen molar-refractivity contribution in [2.45, 2.75) is 13.5 Å². The standard InChI is InChI=1S/C18H14Cl2N6S/c1-9-4-14(24-8-23-9)26-17-16-13(2-3-22-17)25-18(27-16)15-11(19)5-10(7-21)6-12(15)20/h2-6,8H,7,21H2,1H3,(H,22,23,24,26). The van der Waals surface area contributed by atoms with Crippen molar-refractivity contribution in [2.24, 2.45) is 5.73 Å². The summed E-state index contributed by atoms with van der Waals surface area (Å²) in [5, 5.41) is 4.99. The number of pyridine rings is 1. The van der Waals surface area contributed by atoms with Crippen LogP contribution in [0.5, 0.6) is 0 Å². The van der Waals surface area contributed by atoms with E-state index in [0.29, 0.717) is 33.8 Å². The molecule has 0 saturated carbocycles. The van der Waals surface area contributed by atoms with Gasteiger partial charge in [0.1, 0.15) is 17.2 Å². The van der Waals surface area contributed by atoms with Gasteiger partial charge in [-0.2, -0.15) is 0 Å². The second-order valence-corrected chi connectivity index (χ2v) is 7.65. The van der Waals surface area contributed by atoms with Crippen molar-refractivity contribution in [3.63, 3.8) is 0 Å². The van der Waals surface area contributed by atoms with Gasteiger partial charge in [0.25, 0.3) is 0 Å². The number of aromatic nitrogens is 4. The molecule has 0 radical (unpaired) electrons. The summed E-state index contributed by atoms with van der Waals surface area (Å²) in [4.78, 5) is 17.4. The van der Waals surface area contributed by atoms with E-state index in [0.717, 1.165) is 26.5 Å². The number of hydrogen-bond donors (Lipinski definition) is 2. The first-order chi connectivity index (χ1) is 13.0. The maximum absolute atomic E-state index is 6.44. The van der Waals surface area contributed by atoms with Gasteiger partial charge >= 0.3 is 0 Å². The van der Waals surface area contributed by atoms with Gasteiger partial charge in [0.15, 0.2) is 5.82 Å². The minimum atomic E-state index is 0.371. The fourth-order valence-corrected chi connectivity index (χ4v) is 4.54. The maximum atomic E-state index is 6.44. The average Bonchev–Trinajstić information content (AvgIpc) is 3.05. The van der Waals surface area contributed by atoms with Gasteiger partial charge in [-0.1, -0.05) is 23.2 Å². The number of halogens is 2. The number of nitrogens with zero attached hydrogens (tertiary/aromatic N) is 4. The van der Waals surface area contributed by atoms with Crippen LogP contribution in [-0.2, 0) is 6.54 Å². The third-order valence-corrected chi connectivity index (χ3v) is 5.60. The highest BCUT2D eigenvalue weighted by Gasteiger charge is 2.17. The maximum Gasteiger partial charge on any atom is 0.151 e. The van der Waals surface area contributed by atoms with E-state index in [2.05, 4.69) is 25.3 Å². The van der Waals surface area contributed by atoms with Crippen LogP contribution < -0.4 is 11.1 Å². The van der Waals surface area contributed by atoms with E-state index in [9.17, 15) is 0 Å². The van der Waals surface area contributed by atoms with Crippen molar-refractivity contribution in [1.82, 2.24) is 19.9 Å². The molecule has 0 atom stereocenters. The molecular formula is C18H14Cl2N6S. The molecule has 0 aliphatic carbocycles. The second-order valence-electron chi connectivity index (χ2n) is 5.84. The zero-order valence-corrected chi connectivity index (χ0v) is 16.5. The van der Waals surface area contributed by atoms with Crippen LogP contribution >= 0.6 is 34.5 Å². The molecule has 9 heteroatoms. The largest absolute Gasteiger partial charge is 0.326 e. The zero-order chi connectivity index (χ0) is 19.0. The molecule has 0 unspecified atom stereocenters. The zero-order valence-electron chi connectivity index (χ0n) is 14.2. The van der Waals surface area contributed by atoms with Gasteiger partial charge in [0.05, 0.1) is 20.3 Å². The molecule has 4 aromatic rings. The number of aryl methyl sites for hydroxylation is 1. The molecule has 4 rings (SSSR count). The lowest BCUT2D eigenvalue weighted by Gasteiger charge is -2.06. The van der Waals surface area contributed by atoms with E-state index in [4.69, 9.17) is 28.9 Å². The summed E-state index contributed by atoms with van der Waals surface area (Å²) in [6.07, 6.45) is 3.21. The highest BCUT2D eigenvalue weighted by atomic mass is 35.5. The van der Waals surface area contributed by atoms with Crippen LogP contribution in [0.15, 0.2) is 36.8 Å². The van der Waals surface area contributed by atoms with Crippen LogP contribution in [0.3, 0.4) is 0 Å². The van der Waals surface area contributed by atoms with E-state index in [-0.39, 0.29) is 0 Å². The van der Waals surface area contributed by atoms with Crippen LogP contribution in [0.4, 0.5) is 11.6 Å². The summed E-state index contributed by atoms with van der Waals surface area (Å²) in [6.45, 7) is 2.27. The van der Waals surface area contributed by atoms with E-state index in [1.54, 1.807) is 6.20 Å². The Kier molecular flexibility index (Phi) is 4.92. The molecule has 3 N–H and O–H groups in total. The molecule has 136 valence electrons. The molecule has 0 saturated heterocycles. The van der Waals surface area contributed by atoms with Gasteiger partial charge in [-0.05, 0) is 30.7 Å². The van der Waals surface area contributed by atoms with Crippen LogP contribution in [0.1, 0.15) is 11.3 Å². The van der Waals surface area contributed by atoms with E-state index in [1.807, 2.05) is 31.2 Å². The number of benzene rings is 1. The lowest BCUT2D eigenvalue weighted by molar-refractivity contribution is 1.07. The number of anilines is 2. The number of nitrogens with one attached hydrogen (secondary N) is 1. The van der Waals surface area contributed by atoms with Crippen LogP contribution in [0.2, 0.25) is 10.0 Å². The van der Waals surface area contributed by atoms with E-state index in [1.165, 1.54) is 17.7 Å². The Balaban J connectivity index is 1.80. The summed E-state index contributed by atoms with van der Waals surface area (Å²) < 4.78 is 0.888. The van der Waals surface area contributed by atoms with Crippen molar-refractivity contribution in [1.29, 1.82) is 0 Å². The molecule has 0 fully saturated rings. The number of hydrogen-bond acceptors (Lipinski definition) is 7. The van der Waals surface area contributed by atoms with Gasteiger partial charge in [0, 0.05) is 30.1 Å². The topological polar surface area (TPSA) is 89.6 Å². The Morgan fingerprint density at radius 2 is 1.89 bits per heavy atom. The number of fused-ring (bicyclic) bond motifs is 1. The molecule has 0 aliphatic heterocycles. The molecule has 3 heterocycles. The quantitative estimate of drug-likeness (QED) is 0.488. The fraction of sp³-hybridized carbons (Fsp3) is 0.111. The molecule has 0 bridgehead atoms. The van der Waals surface area contributed by atoms with Gasteiger partial charge in [-0.15, -0.1) is 11.3 Å². The first-order valence-corrected chi connectivity index (χ1v) is 9.62. The van der Waals surface area contributed by atoms with E-state index < -0.39 is 0 Å². The molecule has 0 spiro atoms. The predicted molar refractivity (Wildman–Crippen MR) is 111 cm³/mol. The van der Waals surface area contributed by atoms with Crippen LogP contribution in [0, 0.1) is 6.92 Å². The molecular weight excluding hydrogens is 403 g/mol. The van der Waals surface area contributed by atoms with E-state index >= 15 is 0 Å².